The van der Waals surface area contributed by atoms with Crippen LogP contribution < -0.4 is 11.1 Å². The summed E-state index contributed by atoms with van der Waals surface area (Å²) in [6, 6.07) is 11.4. The normalized spacial score (nSPS) is 15.2. The number of benzene rings is 2. The molecule has 0 atom stereocenters. The zero-order chi connectivity index (χ0) is 24.3. The van der Waals surface area contributed by atoms with Gasteiger partial charge in [-0.2, -0.15) is 0 Å². The summed E-state index contributed by atoms with van der Waals surface area (Å²) in [6.45, 7) is 0.475. The first-order valence-corrected chi connectivity index (χ1v) is 12.3. The second-order valence-electron chi connectivity index (χ2n) is 8.06. The monoisotopic (exact) mass is 485 g/mol. The van der Waals surface area contributed by atoms with Crippen LogP contribution in [0.15, 0.2) is 54.9 Å². The number of carbonyl (C=O) groups is 1. The fourth-order valence-electron chi connectivity index (χ4n) is 4.04. The summed E-state index contributed by atoms with van der Waals surface area (Å²) in [7, 11) is -3.65. The van der Waals surface area contributed by atoms with Gasteiger partial charge in [0.15, 0.2) is 0 Å². The molecule has 2 heterocycles. The summed E-state index contributed by atoms with van der Waals surface area (Å²) in [5.41, 5.74) is 7.85. The van der Waals surface area contributed by atoms with Gasteiger partial charge in [-0.3, -0.25) is 4.98 Å². The second kappa shape index (κ2) is 9.74. The number of nitrogens with two attached hydrogens (primary N) is 1. The van der Waals surface area contributed by atoms with E-state index in [2.05, 4.69) is 15.3 Å². The molecule has 4 N–H and O–H groups in total. The highest BCUT2D eigenvalue weighted by atomic mass is 32.2. The molecule has 0 saturated carbocycles. The molecule has 2 aromatic carbocycles. The van der Waals surface area contributed by atoms with Crippen molar-refractivity contribution in [2.75, 3.05) is 18.8 Å². The lowest BCUT2D eigenvalue weighted by molar-refractivity contribution is 0.183. The molecule has 0 radical (unpaired) electrons. The van der Waals surface area contributed by atoms with E-state index >= 15 is 0 Å². The van der Waals surface area contributed by atoms with E-state index in [4.69, 9.17) is 10.8 Å². The molecule has 34 heavy (non-hydrogen) atoms. The minimum atomic E-state index is -3.65. The average molecular weight is 486 g/mol. The van der Waals surface area contributed by atoms with Crippen molar-refractivity contribution in [3.05, 3.63) is 66.2 Å². The second-order valence-corrected chi connectivity index (χ2v) is 10.0. The Labute approximate surface area is 196 Å². The Morgan fingerprint density at radius 2 is 1.85 bits per heavy atom. The molecule has 1 amide bonds. The van der Waals surface area contributed by atoms with Crippen LogP contribution in [0.25, 0.3) is 22.4 Å². The van der Waals surface area contributed by atoms with Crippen LogP contribution >= 0.6 is 0 Å². The van der Waals surface area contributed by atoms with Crippen LogP contribution in [-0.4, -0.2) is 53.0 Å². The van der Waals surface area contributed by atoms with Crippen LogP contribution in [0, 0.1) is 5.82 Å². The molecule has 4 rings (SSSR count). The third kappa shape index (κ3) is 5.32. The van der Waals surface area contributed by atoms with E-state index in [1.54, 1.807) is 36.4 Å². The number of amides is 1. The summed E-state index contributed by atoms with van der Waals surface area (Å²) in [6.07, 6.45) is 2.45. The molecule has 3 aromatic rings. The quantitative estimate of drug-likeness (QED) is 0.488. The first kappa shape index (κ1) is 23.6. The lowest BCUT2D eigenvalue weighted by Crippen LogP contribution is -2.46. The molecule has 1 aromatic heterocycles. The van der Waals surface area contributed by atoms with Gasteiger partial charge < -0.3 is 16.2 Å². The van der Waals surface area contributed by atoms with Crippen LogP contribution in [0.5, 0.6) is 0 Å². The predicted octanol–water partition coefficient (Wildman–Crippen LogP) is 3.09. The first-order chi connectivity index (χ1) is 16.2. The molecule has 1 saturated heterocycles. The number of nitrogens with zero attached hydrogens (tertiary/aromatic N) is 3. The summed E-state index contributed by atoms with van der Waals surface area (Å²) in [5.74, 6) is -0.520. The van der Waals surface area contributed by atoms with E-state index in [-0.39, 0.29) is 36.3 Å². The Kier molecular flexibility index (Phi) is 6.75. The van der Waals surface area contributed by atoms with Crippen LogP contribution in [-0.2, 0) is 15.8 Å². The van der Waals surface area contributed by atoms with Crippen LogP contribution in [0.4, 0.5) is 15.0 Å². The van der Waals surface area contributed by atoms with E-state index in [0.717, 1.165) is 0 Å². The number of hydrogen-bond acceptors (Lipinski definition) is 6. The number of sulfonamides is 1. The van der Waals surface area contributed by atoms with Crippen molar-refractivity contribution < 1.29 is 22.7 Å². The Bertz CT molecular complexity index is 1290. The number of carboxylic acid groups (broad SMARTS) is 1. The van der Waals surface area contributed by atoms with Crippen molar-refractivity contribution in [3.8, 4) is 22.4 Å². The zero-order valence-electron chi connectivity index (χ0n) is 18.2. The van der Waals surface area contributed by atoms with Gasteiger partial charge in [0.1, 0.15) is 11.6 Å². The maximum atomic E-state index is 14.9. The number of nitrogen functional groups attached to an aromatic ring is 1. The van der Waals surface area contributed by atoms with Crippen molar-refractivity contribution in [1.82, 2.24) is 19.6 Å². The maximum Gasteiger partial charge on any atom is 0.404 e. The molecule has 9 nitrogen and oxygen atoms in total. The molecule has 0 bridgehead atoms. The molecule has 1 fully saturated rings. The molecule has 1 aliphatic rings. The van der Waals surface area contributed by atoms with Gasteiger partial charge in [-0.1, -0.05) is 30.3 Å². The SMILES string of the molecule is Nc1cnc(-c2ccc(-c3ccccc3CS(=O)(=O)N3CCC(NC(=O)O)CC3)cc2F)cn1. The van der Waals surface area contributed by atoms with Crippen molar-refractivity contribution in [2.24, 2.45) is 0 Å². The minimum absolute atomic E-state index is 0.235. The van der Waals surface area contributed by atoms with Crippen LogP contribution in [0.3, 0.4) is 0 Å². The Hall–Kier alpha value is -3.57. The van der Waals surface area contributed by atoms with Gasteiger partial charge in [-0.25, -0.2) is 26.9 Å². The average Bonchev–Trinajstić information content (AvgIpc) is 2.80. The molecule has 0 aliphatic carbocycles. The van der Waals surface area contributed by atoms with E-state index < -0.39 is 21.9 Å². The molecule has 0 unspecified atom stereocenters. The zero-order valence-corrected chi connectivity index (χ0v) is 19.0. The third-order valence-electron chi connectivity index (χ3n) is 5.76. The summed E-state index contributed by atoms with van der Waals surface area (Å²) in [4.78, 5) is 18.9. The highest BCUT2D eigenvalue weighted by molar-refractivity contribution is 7.88. The highest BCUT2D eigenvalue weighted by Crippen LogP contribution is 2.30. The molecule has 0 spiro atoms. The van der Waals surface area contributed by atoms with Gasteiger partial charge in [-0.05, 0) is 41.7 Å². The van der Waals surface area contributed by atoms with E-state index in [9.17, 15) is 17.6 Å². The lowest BCUT2D eigenvalue weighted by Gasteiger charge is -2.31. The topological polar surface area (TPSA) is 139 Å². The predicted molar refractivity (Wildman–Crippen MR) is 126 cm³/mol. The van der Waals surface area contributed by atoms with E-state index in [1.165, 1.54) is 22.8 Å². The number of halogens is 1. The fraction of sp³-hybridized carbons (Fsp3) is 0.261. The molecule has 11 heteroatoms. The van der Waals surface area contributed by atoms with E-state index in [1.807, 2.05) is 0 Å². The van der Waals surface area contributed by atoms with Gasteiger partial charge in [0.2, 0.25) is 10.0 Å². The number of rotatable bonds is 6. The number of anilines is 1. The van der Waals surface area contributed by atoms with Gasteiger partial charge in [0.05, 0.1) is 23.8 Å². The molecular weight excluding hydrogens is 461 g/mol. The lowest BCUT2D eigenvalue weighted by atomic mass is 9.98. The first-order valence-electron chi connectivity index (χ1n) is 10.7. The van der Waals surface area contributed by atoms with Crippen molar-refractivity contribution in [2.45, 2.75) is 24.6 Å². The largest absolute Gasteiger partial charge is 0.465 e. The Morgan fingerprint density at radius 1 is 1.12 bits per heavy atom. The van der Waals surface area contributed by atoms with Gasteiger partial charge in [0.25, 0.3) is 0 Å². The van der Waals surface area contributed by atoms with Crippen molar-refractivity contribution >= 4 is 21.9 Å². The highest BCUT2D eigenvalue weighted by Gasteiger charge is 2.29. The van der Waals surface area contributed by atoms with Crippen LogP contribution in [0.1, 0.15) is 18.4 Å². The number of aromatic nitrogens is 2. The number of hydrogen-bond donors (Lipinski definition) is 3. The maximum absolute atomic E-state index is 14.9. The fourth-order valence-corrected chi connectivity index (χ4v) is 5.63. The van der Waals surface area contributed by atoms with Crippen molar-refractivity contribution in [1.29, 1.82) is 0 Å². The Balaban J connectivity index is 1.55. The van der Waals surface area contributed by atoms with E-state index in [0.29, 0.717) is 35.2 Å². The smallest absolute Gasteiger partial charge is 0.404 e. The van der Waals surface area contributed by atoms with Crippen LogP contribution in [0.2, 0.25) is 0 Å². The molecular formula is C23H24FN5O4S. The number of piperidine rings is 1. The standard InChI is InChI=1S/C23H24FN5O4S/c24-20-11-15(5-6-19(20)21-12-27-22(25)13-26-21)18-4-2-1-3-16(18)14-34(32,33)29-9-7-17(8-10-29)28-23(30)31/h1-6,11-13,17,28H,7-10,14H2,(H2,25,27)(H,30,31). The summed E-state index contributed by atoms with van der Waals surface area (Å²) < 4.78 is 42.5. The van der Waals surface area contributed by atoms with Gasteiger partial charge in [0, 0.05) is 24.7 Å². The Morgan fingerprint density at radius 3 is 2.50 bits per heavy atom. The van der Waals surface area contributed by atoms with Gasteiger partial charge >= 0.3 is 6.09 Å². The third-order valence-corrected chi connectivity index (χ3v) is 7.59. The molecule has 178 valence electrons. The summed E-state index contributed by atoms with van der Waals surface area (Å²) in [5, 5.41) is 11.3. The van der Waals surface area contributed by atoms with Gasteiger partial charge in [-0.15, -0.1) is 0 Å². The van der Waals surface area contributed by atoms with Crippen molar-refractivity contribution in [3.63, 3.8) is 0 Å². The molecule has 1 aliphatic heterocycles. The minimum Gasteiger partial charge on any atom is -0.465 e. The summed E-state index contributed by atoms with van der Waals surface area (Å²) >= 11 is 0. The number of nitrogens with one attached hydrogen (secondary N) is 1.